The van der Waals surface area contributed by atoms with Crippen molar-refractivity contribution in [3.8, 4) is 0 Å². The third-order valence-corrected chi connectivity index (χ3v) is 0.994. The van der Waals surface area contributed by atoms with Gasteiger partial charge in [-0.1, -0.05) is 0 Å². The first-order valence-corrected chi connectivity index (χ1v) is 2.99. The first-order valence-electron chi connectivity index (χ1n) is 2.99. The van der Waals surface area contributed by atoms with Crippen molar-refractivity contribution in [1.29, 1.82) is 0 Å². The Morgan fingerprint density at radius 3 is 2.50 bits per heavy atom. The van der Waals surface area contributed by atoms with Gasteiger partial charge < -0.3 is 10.6 Å². The molecule has 0 saturated carbocycles. The molecule has 2 N–H and O–H groups in total. The van der Waals surface area contributed by atoms with E-state index in [1.165, 1.54) is 0 Å². The maximum atomic E-state index is 5.28. The van der Waals surface area contributed by atoms with Crippen molar-refractivity contribution in [2.24, 2.45) is 5.73 Å². The molecule has 0 atom stereocenters. The lowest BCUT2D eigenvalue weighted by Gasteiger charge is -2.16. The fourth-order valence-corrected chi connectivity index (χ4v) is 0.526. The maximum absolute atomic E-state index is 5.28. The zero-order valence-electron chi connectivity index (χ0n) is 5.56. The summed E-state index contributed by atoms with van der Waals surface area (Å²) in [7, 11) is 5.67. The smallest absolute Gasteiger partial charge is 0.00768 e. The summed E-state index contributed by atoms with van der Waals surface area (Å²) in [6.45, 7) is 1.85. The van der Waals surface area contributed by atoms with Crippen LogP contribution in [0.3, 0.4) is 0 Å². The van der Waals surface area contributed by atoms with Crippen LogP contribution in [0, 0.1) is 7.05 Å². The second-order valence-electron chi connectivity index (χ2n) is 2.08. The highest BCUT2D eigenvalue weighted by atomic mass is 15.0. The van der Waals surface area contributed by atoms with Crippen LogP contribution in [-0.2, 0) is 0 Å². The molecule has 0 aromatic carbocycles. The molecule has 0 aliphatic rings. The Hall–Kier alpha value is -0.0800. The van der Waals surface area contributed by atoms with E-state index in [0.717, 1.165) is 25.9 Å². The maximum Gasteiger partial charge on any atom is -0.00768 e. The SMILES string of the molecule is [CH2-]N(C)CCCCN. The van der Waals surface area contributed by atoms with Crippen LogP contribution in [0.25, 0.3) is 0 Å². The molecule has 2 heteroatoms. The van der Waals surface area contributed by atoms with Crippen molar-refractivity contribution < 1.29 is 0 Å². The van der Waals surface area contributed by atoms with Gasteiger partial charge in [0.05, 0.1) is 0 Å². The summed E-state index contributed by atoms with van der Waals surface area (Å²) in [5.41, 5.74) is 5.28. The minimum Gasteiger partial charge on any atom is -0.462 e. The number of hydrogen-bond donors (Lipinski definition) is 1. The minimum absolute atomic E-state index is 0.799. The summed E-state index contributed by atoms with van der Waals surface area (Å²) in [5, 5.41) is 0. The molecule has 2 nitrogen and oxygen atoms in total. The molecule has 0 radical (unpaired) electrons. The first-order chi connectivity index (χ1) is 3.77. The molecule has 0 amide bonds. The first kappa shape index (κ1) is 7.92. The van der Waals surface area contributed by atoms with Gasteiger partial charge in [0.25, 0.3) is 0 Å². The Morgan fingerprint density at radius 2 is 2.12 bits per heavy atom. The van der Waals surface area contributed by atoms with Crippen molar-refractivity contribution >= 4 is 0 Å². The van der Waals surface area contributed by atoms with Crippen molar-refractivity contribution in [2.45, 2.75) is 12.8 Å². The molecule has 0 aliphatic heterocycles. The average Bonchev–Trinajstić information content (AvgIpc) is 1.66. The third-order valence-electron chi connectivity index (χ3n) is 0.994. The normalized spacial score (nSPS) is 10.5. The van der Waals surface area contributed by atoms with Gasteiger partial charge in [-0.25, -0.2) is 0 Å². The van der Waals surface area contributed by atoms with Gasteiger partial charge in [-0.3, -0.25) is 7.05 Å². The highest BCUT2D eigenvalue weighted by Gasteiger charge is 1.82. The Labute approximate surface area is 51.7 Å². The van der Waals surface area contributed by atoms with Gasteiger partial charge in [0.1, 0.15) is 0 Å². The van der Waals surface area contributed by atoms with E-state index in [1.54, 1.807) is 0 Å². The third kappa shape index (κ3) is 5.92. The van der Waals surface area contributed by atoms with Crippen LogP contribution < -0.4 is 5.73 Å². The minimum atomic E-state index is 0.799. The van der Waals surface area contributed by atoms with Gasteiger partial charge in [0.2, 0.25) is 0 Å². The summed E-state index contributed by atoms with van der Waals surface area (Å²) in [5.74, 6) is 0. The van der Waals surface area contributed by atoms with Crippen LogP contribution in [0.15, 0.2) is 0 Å². The Bertz CT molecular complexity index is 43.8. The molecule has 0 fully saturated rings. The predicted molar refractivity (Wildman–Crippen MR) is 36.3 cm³/mol. The molecule has 8 heavy (non-hydrogen) atoms. The van der Waals surface area contributed by atoms with Crippen molar-refractivity contribution in [3.05, 3.63) is 7.05 Å². The number of nitrogens with two attached hydrogens (primary N) is 1. The zero-order valence-corrected chi connectivity index (χ0v) is 5.56. The Balaban J connectivity index is 2.72. The van der Waals surface area contributed by atoms with Gasteiger partial charge in [0, 0.05) is 0 Å². The van der Waals surface area contributed by atoms with E-state index in [4.69, 9.17) is 5.73 Å². The number of nitrogens with zero attached hydrogens (tertiary/aromatic N) is 1. The lowest BCUT2D eigenvalue weighted by atomic mass is 10.3. The van der Waals surface area contributed by atoms with Gasteiger partial charge in [0.15, 0.2) is 0 Å². The molecule has 0 saturated heterocycles. The van der Waals surface area contributed by atoms with Crippen molar-refractivity contribution in [1.82, 2.24) is 4.90 Å². The summed E-state index contributed by atoms with van der Waals surface area (Å²) < 4.78 is 0. The highest BCUT2D eigenvalue weighted by molar-refractivity contribution is 4.47. The van der Waals surface area contributed by atoms with Crippen LogP contribution >= 0.6 is 0 Å². The molecule has 0 bridgehead atoms. The zero-order chi connectivity index (χ0) is 6.41. The lowest BCUT2D eigenvalue weighted by molar-refractivity contribution is 0.433. The molecular formula is C6H15N2-. The lowest BCUT2D eigenvalue weighted by Crippen LogP contribution is -2.11. The van der Waals surface area contributed by atoms with E-state index < -0.39 is 0 Å². The number of hydrogen-bond acceptors (Lipinski definition) is 2. The monoisotopic (exact) mass is 115 g/mol. The molecule has 0 aromatic rings. The van der Waals surface area contributed by atoms with Gasteiger partial charge >= 0.3 is 0 Å². The van der Waals surface area contributed by atoms with Crippen LogP contribution in [0.4, 0.5) is 0 Å². The Kier molecular flexibility index (Phi) is 5.01. The van der Waals surface area contributed by atoms with Crippen molar-refractivity contribution in [3.63, 3.8) is 0 Å². The van der Waals surface area contributed by atoms with E-state index >= 15 is 0 Å². The standard InChI is InChI=1S/C6H15N2/c1-8(2)6-4-3-5-7/h1,3-7H2,2H3/q-1. The number of rotatable bonds is 4. The second kappa shape index (κ2) is 5.06. The molecule has 0 unspecified atom stereocenters. The van der Waals surface area contributed by atoms with E-state index in [9.17, 15) is 0 Å². The number of unbranched alkanes of at least 4 members (excludes halogenated alkanes) is 1. The molecule has 0 spiro atoms. The molecule has 0 rings (SSSR count). The predicted octanol–water partition coefficient (Wildman–Crippen LogP) is 0.449. The van der Waals surface area contributed by atoms with E-state index in [0.29, 0.717) is 0 Å². The topological polar surface area (TPSA) is 29.3 Å². The van der Waals surface area contributed by atoms with Crippen molar-refractivity contribution in [2.75, 3.05) is 20.1 Å². The quantitative estimate of drug-likeness (QED) is 0.426. The second-order valence-corrected chi connectivity index (χ2v) is 2.08. The highest BCUT2D eigenvalue weighted by Crippen LogP contribution is 1.87. The summed E-state index contributed by atoms with van der Waals surface area (Å²) in [6, 6.07) is 0. The molecule has 0 aliphatic carbocycles. The van der Waals surface area contributed by atoms with E-state index in [1.807, 2.05) is 11.9 Å². The van der Waals surface area contributed by atoms with Crippen LogP contribution in [0.2, 0.25) is 0 Å². The van der Waals surface area contributed by atoms with E-state index in [-0.39, 0.29) is 0 Å². The summed E-state index contributed by atoms with van der Waals surface area (Å²) in [4.78, 5) is 1.93. The van der Waals surface area contributed by atoms with Gasteiger partial charge in [-0.15, -0.1) is 0 Å². The fraction of sp³-hybridized carbons (Fsp3) is 0.833. The van der Waals surface area contributed by atoms with E-state index in [2.05, 4.69) is 7.05 Å². The molecule has 0 heterocycles. The molecule has 50 valence electrons. The fourth-order valence-electron chi connectivity index (χ4n) is 0.526. The Morgan fingerprint density at radius 1 is 1.50 bits per heavy atom. The van der Waals surface area contributed by atoms with Crippen LogP contribution in [-0.4, -0.2) is 25.0 Å². The van der Waals surface area contributed by atoms with Crippen LogP contribution in [0.1, 0.15) is 12.8 Å². The van der Waals surface area contributed by atoms with Gasteiger partial charge in [-0.2, -0.15) is 0 Å². The molecular weight excluding hydrogens is 100 g/mol. The summed E-state index contributed by atoms with van der Waals surface area (Å²) >= 11 is 0. The summed E-state index contributed by atoms with van der Waals surface area (Å²) in [6.07, 6.45) is 2.27. The van der Waals surface area contributed by atoms with Crippen LogP contribution in [0.5, 0.6) is 0 Å². The average molecular weight is 115 g/mol. The largest absolute Gasteiger partial charge is 0.462 e. The van der Waals surface area contributed by atoms with Gasteiger partial charge in [-0.05, 0) is 33.0 Å². The molecule has 0 aromatic heterocycles.